The van der Waals surface area contributed by atoms with Crippen molar-refractivity contribution in [2.24, 2.45) is 0 Å². The first-order chi connectivity index (χ1) is 15.0. The van der Waals surface area contributed by atoms with Gasteiger partial charge in [0.2, 0.25) is 0 Å². The van der Waals surface area contributed by atoms with Crippen molar-refractivity contribution in [2.45, 2.75) is 31.8 Å². The van der Waals surface area contributed by atoms with E-state index in [1.807, 2.05) is 0 Å². The summed E-state index contributed by atoms with van der Waals surface area (Å²) in [5, 5.41) is 6.70. The Bertz CT molecular complexity index is 1290. The summed E-state index contributed by atoms with van der Waals surface area (Å²) in [4.78, 5) is 25.2. The van der Waals surface area contributed by atoms with Crippen LogP contribution in [-0.4, -0.2) is 49.8 Å². The van der Waals surface area contributed by atoms with E-state index in [1.54, 1.807) is 4.57 Å². The zero-order valence-corrected chi connectivity index (χ0v) is 16.9. The number of amides is 1. The highest BCUT2D eigenvalue weighted by molar-refractivity contribution is 5.98. The van der Waals surface area contributed by atoms with E-state index in [-0.39, 0.29) is 17.5 Å². The van der Waals surface area contributed by atoms with Crippen LogP contribution in [-0.2, 0) is 6.54 Å². The van der Waals surface area contributed by atoms with Crippen molar-refractivity contribution in [2.75, 3.05) is 13.6 Å². The minimum Gasteiger partial charge on any atom is -0.340 e. The highest BCUT2D eigenvalue weighted by Crippen LogP contribution is 2.30. The third kappa shape index (κ3) is 3.42. The summed E-state index contributed by atoms with van der Waals surface area (Å²) < 4.78 is 31.5. The molecule has 31 heavy (non-hydrogen) atoms. The van der Waals surface area contributed by atoms with Gasteiger partial charge in [0.05, 0.1) is 11.6 Å². The molecular formula is C21H21F2N7O. The van der Waals surface area contributed by atoms with Crippen LogP contribution in [0.5, 0.6) is 0 Å². The normalized spacial score (nSPS) is 16.8. The molecule has 4 aromatic heterocycles. The molecule has 160 valence electrons. The fraction of sp³-hybridized carbons (Fsp3) is 0.333. The van der Waals surface area contributed by atoms with Crippen molar-refractivity contribution < 1.29 is 13.6 Å². The van der Waals surface area contributed by atoms with Crippen LogP contribution in [0.1, 0.15) is 19.3 Å². The van der Waals surface area contributed by atoms with Crippen LogP contribution < -0.4 is 10.6 Å². The maximum absolute atomic E-state index is 14.5. The van der Waals surface area contributed by atoms with Gasteiger partial charge in [0.25, 0.3) is 0 Å². The molecule has 10 heteroatoms. The SMILES string of the molecule is CNC(=O)n1cc(-c2ncc3c(F)cn(CC4CCCCN4)c3n2)c2cc(F)cnc21. The maximum atomic E-state index is 14.5. The lowest BCUT2D eigenvalue weighted by Crippen LogP contribution is -2.37. The Balaban J connectivity index is 1.63. The summed E-state index contributed by atoms with van der Waals surface area (Å²) >= 11 is 0. The number of rotatable bonds is 3. The molecular weight excluding hydrogens is 404 g/mol. The number of pyridine rings is 1. The smallest absolute Gasteiger partial charge is 0.326 e. The molecule has 1 amide bonds. The molecule has 1 aliphatic heterocycles. The molecule has 1 saturated heterocycles. The van der Waals surface area contributed by atoms with Gasteiger partial charge >= 0.3 is 6.03 Å². The molecule has 1 unspecified atom stereocenters. The van der Waals surface area contributed by atoms with Gasteiger partial charge in [0.1, 0.15) is 17.1 Å². The summed E-state index contributed by atoms with van der Waals surface area (Å²) in [7, 11) is 1.49. The molecule has 5 heterocycles. The number of nitrogens with one attached hydrogen (secondary N) is 2. The van der Waals surface area contributed by atoms with Crippen molar-refractivity contribution in [3.8, 4) is 11.4 Å². The van der Waals surface area contributed by atoms with Crippen molar-refractivity contribution in [3.05, 3.63) is 42.5 Å². The second-order valence-electron chi connectivity index (χ2n) is 7.70. The quantitative estimate of drug-likeness (QED) is 0.527. The molecule has 5 rings (SSSR count). The zero-order valence-electron chi connectivity index (χ0n) is 16.9. The van der Waals surface area contributed by atoms with Gasteiger partial charge in [-0.3, -0.25) is 4.57 Å². The Labute approximate surface area is 176 Å². The molecule has 2 N–H and O–H groups in total. The molecule has 0 saturated carbocycles. The number of hydrogen-bond donors (Lipinski definition) is 2. The Morgan fingerprint density at radius 1 is 1.19 bits per heavy atom. The average molecular weight is 425 g/mol. The summed E-state index contributed by atoms with van der Waals surface area (Å²) in [6.45, 7) is 1.54. The number of carbonyl (C=O) groups is 1. The Hall–Kier alpha value is -3.40. The molecule has 0 radical (unpaired) electrons. The molecule has 1 fully saturated rings. The topological polar surface area (TPSA) is 89.7 Å². The molecule has 4 aromatic rings. The van der Waals surface area contributed by atoms with Gasteiger partial charge in [-0.2, -0.15) is 0 Å². The largest absolute Gasteiger partial charge is 0.340 e. The minimum absolute atomic E-state index is 0.246. The first kappa shape index (κ1) is 19.6. The van der Waals surface area contributed by atoms with Crippen LogP contribution in [0.4, 0.5) is 13.6 Å². The molecule has 1 aliphatic rings. The fourth-order valence-corrected chi connectivity index (χ4v) is 4.15. The molecule has 8 nitrogen and oxygen atoms in total. The summed E-state index contributed by atoms with van der Waals surface area (Å²) in [6.07, 6.45) is 8.73. The number of fused-ring (bicyclic) bond motifs is 2. The van der Waals surface area contributed by atoms with E-state index < -0.39 is 17.7 Å². The third-order valence-electron chi connectivity index (χ3n) is 5.68. The first-order valence-corrected chi connectivity index (χ1v) is 10.2. The number of piperidine rings is 1. The van der Waals surface area contributed by atoms with E-state index in [0.717, 1.165) is 32.0 Å². The van der Waals surface area contributed by atoms with Gasteiger partial charge in [-0.15, -0.1) is 0 Å². The molecule has 0 spiro atoms. The van der Waals surface area contributed by atoms with Crippen LogP contribution in [0.15, 0.2) is 30.9 Å². The van der Waals surface area contributed by atoms with Crippen molar-refractivity contribution in [3.63, 3.8) is 0 Å². The van der Waals surface area contributed by atoms with Gasteiger partial charge in [-0.25, -0.2) is 28.5 Å². The van der Waals surface area contributed by atoms with Crippen LogP contribution in [0.25, 0.3) is 33.5 Å². The number of aromatic nitrogens is 5. The minimum atomic E-state index is -0.540. The summed E-state index contributed by atoms with van der Waals surface area (Å²) in [6, 6.07) is 1.11. The second-order valence-corrected chi connectivity index (χ2v) is 7.70. The fourth-order valence-electron chi connectivity index (χ4n) is 4.15. The van der Waals surface area contributed by atoms with E-state index in [2.05, 4.69) is 25.6 Å². The summed E-state index contributed by atoms with van der Waals surface area (Å²) in [5.74, 6) is -0.663. The average Bonchev–Trinajstić information content (AvgIpc) is 3.31. The van der Waals surface area contributed by atoms with Gasteiger partial charge in [0, 0.05) is 49.2 Å². The number of nitrogens with zero attached hydrogens (tertiary/aromatic N) is 5. The predicted molar refractivity (Wildman–Crippen MR) is 112 cm³/mol. The van der Waals surface area contributed by atoms with Crippen LogP contribution in [0, 0.1) is 11.6 Å². The second kappa shape index (κ2) is 7.69. The van der Waals surface area contributed by atoms with E-state index in [4.69, 9.17) is 0 Å². The summed E-state index contributed by atoms with van der Waals surface area (Å²) in [5.41, 5.74) is 1.18. The zero-order chi connectivity index (χ0) is 21.5. The lowest BCUT2D eigenvalue weighted by atomic mass is 10.1. The van der Waals surface area contributed by atoms with Gasteiger partial charge in [-0.05, 0) is 25.5 Å². The molecule has 0 aromatic carbocycles. The van der Waals surface area contributed by atoms with Gasteiger partial charge in [-0.1, -0.05) is 6.42 Å². The third-order valence-corrected chi connectivity index (χ3v) is 5.68. The molecule has 1 atom stereocenters. The van der Waals surface area contributed by atoms with Crippen LogP contribution in [0.3, 0.4) is 0 Å². The van der Waals surface area contributed by atoms with E-state index >= 15 is 0 Å². The Morgan fingerprint density at radius 3 is 2.84 bits per heavy atom. The molecule has 0 bridgehead atoms. The lowest BCUT2D eigenvalue weighted by molar-refractivity contribution is 0.245. The van der Waals surface area contributed by atoms with Crippen LogP contribution in [0.2, 0.25) is 0 Å². The maximum Gasteiger partial charge on any atom is 0.326 e. The van der Waals surface area contributed by atoms with Crippen LogP contribution >= 0.6 is 0 Å². The number of carbonyl (C=O) groups excluding carboxylic acids is 1. The number of hydrogen-bond acceptors (Lipinski definition) is 5. The lowest BCUT2D eigenvalue weighted by Gasteiger charge is -2.24. The highest BCUT2D eigenvalue weighted by atomic mass is 19.1. The van der Waals surface area contributed by atoms with Crippen molar-refractivity contribution in [1.82, 2.24) is 34.7 Å². The predicted octanol–water partition coefficient (Wildman–Crippen LogP) is 3.06. The highest BCUT2D eigenvalue weighted by Gasteiger charge is 2.21. The van der Waals surface area contributed by atoms with Crippen molar-refractivity contribution in [1.29, 1.82) is 0 Å². The number of halogens is 2. The van der Waals surface area contributed by atoms with Gasteiger partial charge in [0.15, 0.2) is 11.6 Å². The Kier molecular flexibility index (Phi) is 4.85. The van der Waals surface area contributed by atoms with E-state index in [9.17, 15) is 13.6 Å². The van der Waals surface area contributed by atoms with Gasteiger partial charge < -0.3 is 15.2 Å². The molecule has 0 aliphatic carbocycles. The van der Waals surface area contributed by atoms with E-state index in [1.165, 1.54) is 36.3 Å². The standard InChI is InChI=1S/C21H21F2N7O/c1-24-21(31)30-10-16(14-6-12(22)7-27-19(14)30)18-26-8-15-17(23)11-29(20(15)28-18)9-13-4-2-3-5-25-13/h6-8,10-11,13,25H,2-5,9H2,1H3,(H,24,31). The Morgan fingerprint density at radius 2 is 2.06 bits per heavy atom. The van der Waals surface area contributed by atoms with E-state index in [0.29, 0.717) is 28.5 Å². The van der Waals surface area contributed by atoms with Crippen molar-refractivity contribution >= 4 is 28.1 Å². The monoisotopic (exact) mass is 425 g/mol. The first-order valence-electron chi connectivity index (χ1n) is 10.2.